The smallest absolute Gasteiger partial charge is 0.387 e. The number of rotatable bonds is 5. The highest BCUT2D eigenvalue weighted by Gasteiger charge is 2.55. The highest BCUT2D eigenvalue weighted by Crippen LogP contribution is 2.64. The summed E-state index contributed by atoms with van der Waals surface area (Å²) in [6.07, 6.45) is 3.93. The van der Waals surface area contributed by atoms with Crippen LogP contribution in [0.2, 0.25) is 0 Å². The van der Waals surface area contributed by atoms with Gasteiger partial charge < -0.3 is 20.7 Å². The summed E-state index contributed by atoms with van der Waals surface area (Å²) in [5, 5.41) is 22.2. The quantitative estimate of drug-likeness (QED) is 0.402. The summed E-state index contributed by atoms with van der Waals surface area (Å²) < 4.78 is 39.4. The summed E-state index contributed by atoms with van der Waals surface area (Å²) in [5.74, 6) is 0.182. The molecule has 1 aliphatic carbocycles. The van der Waals surface area contributed by atoms with E-state index in [-0.39, 0.29) is 12.4 Å². The van der Waals surface area contributed by atoms with Crippen molar-refractivity contribution in [3.63, 3.8) is 0 Å². The molecule has 1 saturated carbocycles. The molecule has 0 radical (unpaired) electrons. The number of benzene rings is 1. The third kappa shape index (κ3) is 4.54. The number of aliphatic hydroxyl groups is 2. The lowest BCUT2D eigenvalue weighted by Crippen LogP contribution is -2.44. The molecule has 2 unspecified atom stereocenters. The number of ether oxygens (including phenoxy) is 1. The molecule has 6 atom stereocenters. The normalized spacial score (nSPS) is 35.1. The maximum atomic E-state index is 13.9. The fourth-order valence-electron chi connectivity index (χ4n) is 5.81. The number of nitrogen functional groups attached to an aromatic ring is 1. The largest absolute Gasteiger partial charge is 0.476 e. The fraction of sp³-hybridized carbons (Fsp3) is 0.560. The van der Waals surface area contributed by atoms with E-state index < -0.39 is 43.6 Å². The SMILES string of the molecule is C[C@@]1(O)[C@H](O)[C@@H](COP2(=O)OC(c3ccccc3)CC3(CCCCC3)O2)O[C@H]1n1cnc2c(N)ncnc21. The number of aromatic nitrogens is 4. The van der Waals surface area contributed by atoms with E-state index >= 15 is 0 Å². The predicted octanol–water partition coefficient (Wildman–Crippen LogP) is 3.42. The zero-order chi connectivity index (χ0) is 26.5. The second-order valence-corrected chi connectivity index (χ2v) is 12.1. The van der Waals surface area contributed by atoms with E-state index in [1.54, 1.807) is 0 Å². The van der Waals surface area contributed by atoms with Crippen LogP contribution in [0.4, 0.5) is 5.82 Å². The van der Waals surface area contributed by atoms with Crippen molar-refractivity contribution in [3.05, 3.63) is 48.5 Å². The van der Waals surface area contributed by atoms with Crippen LogP contribution < -0.4 is 5.73 Å². The van der Waals surface area contributed by atoms with Gasteiger partial charge in [-0.25, -0.2) is 19.5 Å². The van der Waals surface area contributed by atoms with Crippen molar-refractivity contribution in [2.45, 2.75) is 81.2 Å². The standard InChI is InChI=1S/C25H32N5O7P/c1-24(32)20(31)18(35-23(24)30-15-29-19-21(26)27-14-28-22(19)30)13-34-38(33)36-17(16-8-4-2-5-9-16)12-25(37-38)10-6-3-7-11-25/h2,4-5,8-9,14-15,17-18,20,23,31-32H,3,6-7,10-13H2,1H3,(H2,26,27,28)/t17?,18-,20-,23-,24-,38?/m1/s1. The highest BCUT2D eigenvalue weighted by molar-refractivity contribution is 7.48. The number of aliphatic hydroxyl groups excluding tert-OH is 1. The van der Waals surface area contributed by atoms with Crippen LogP contribution in [0.25, 0.3) is 11.2 Å². The van der Waals surface area contributed by atoms with Gasteiger partial charge in [-0.15, -0.1) is 0 Å². The molecular weight excluding hydrogens is 513 g/mol. The zero-order valence-corrected chi connectivity index (χ0v) is 21.9. The minimum absolute atomic E-state index is 0.182. The second kappa shape index (κ2) is 9.63. The van der Waals surface area contributed by atoms with E-state index in [2.05, 4.69) is 15.0 Å². The molecule has 3 aliphatic rings. The number of nitrogens with two attached hydrogens (primary N) is 1. The van der Waals surface area contributed by atoms with E-state index in [0.29, 0.717) is 17.6 Å². The fourth-order valence-corrected chi connectivity index (χ4v) is 7.53. The van der Waals surface area contributed by atoms with Gasteiger partial charge in [-0.2, -0.15) is 0 Å². The molecule has 6 rings (SSSR count). The maximum Gasteiger partial charge on any atom is 0.476 e. The predicted molar refractivity (Wildman–Crippen MR) is 136 cm³/mol. The number of nitrogens with zero attached hydrogens (tertiary/aromatic N) is 4. The third-order valence-electron chi connectivity index (χ3n) is 7.85. The molecule has 2 saturated heterocycles. The van der Waals surface area contributed by atoms with Crippen LogP contribution >= 0.6 is 7.82 Å². The van der Waals surface area contributed by atoms with Crippen molar-refractivity contribution in [1.82, 2.24) is 19.5 Å². The number of phosphoric ester groups is 1. The summed E-state index contributed by atoms with van der Waals surface area (Å²) in [7, 11) is -4.04. The minimum atomic E-state index is -4.04. The van der Waals surface area contributed by atoms with Crippen LogP contribution in [0.5, 0.6) is 0 Å². The zero-order valence-electron chi connectivity index (χ0n) is 21.0. The third-order valence-corrected chi connectivity index (χ3v) is 9.44. The molecule has 3 fully saturated rings. The Hall–Kier alpha value is -2.44. The Morgan fingerprint density at radius 1 is 1.18 bits per heavy atom. The van der Waals surface area contributed by atoms with Gasteiger partial charge in [0.05, 0.1) is 24.6 Å². The van der Waals surface area contributed by atoms with E-state index in [1.165, 1.54) is 24.1 Å². The average molecular weight is 546 g/mol. The van der Waals surface area contributed by atoms with Crippen LogP contribution in [0, 0.1) is 0 Å². The van der Waals surface area contributed by atoms with E-state index in [0.717, 1.165) is 37.7 Å². The first kappa shape index (κ1) is 25.8. The van der Waals surface area contributed by atoms with Gasteiger partial charge in [0.25, 0.3) is 0 Å². The molecule has 4 N–H and O–H groups in total. The lowest BCUT2D eigenvalue weighted by atomic mass is 9.80. The molecule has 3 aromatic rings. The Bertz CT molecular complexity index is 1350. The summed E-state index contributed by atoms with van der Waals surface area (Å²) in [4.78, 5) is 12.3. The Balaban J connectivity index is 1.23. The summed E-state index contributed by atoms with van der Waals surface area (Å²) in [6, 6.07) is 9.62. The molecule has 1 aromatic carbocycles. The van der Waals surface area contributed by atoms with Crippen molar-refractivity contribution in [3.8, 4) is 0 Å². The lowest BCUT2D eigenvalue weighted by Gasteiger charge is -2.45. The topological polar surface area (TPSA) is 164 Å². The van der Waals surface area contributed by atoms with Gasteiger partial charge in [0.1, 0.15) is 29.7 Å². The molecule has 38 heavy (non-hydrogen) atoms. The molecule has 2 aliphatic heterocycles. The highest BCUT2D eigenvalue weighted by atomic mass is 31.2. The Labute approximate surface area is 219 Å². The van der Waals surface area contributed by atoms with E-state index in [1.807, 2.05) is 30.3 Å². The maximum absolute atomic E-state index is 13.9. The van der Waals surface area contributed by atoms with Crippen LogP contribution in [-0.4, -0.2) is 59.7 Å². The van der Waals surface area contributed by atoms with Gasteiger partial charge in [-0.3, -0.25) is 18.1 Å². The monoisotopic (exact) mass is 545 g/mol. The first-order valence-corrected chi connectivity index (χ1v) is 14.3. The molecule has 1 spiro atoms. The van der Waals surface area contributed by atoms with Gasteiger partial charge >= 0.3 is 7.82 Å². The van der Waals surface area contributed by atoms with Crippen molar-refractivity contribution >= 4 is 24.8 Å². The Morgan fingerprint density at radius 3 is 2.71 bits per heavy atom. The lowest BCUT2D eigenvalue weighted by molar-refractivity contribution is -0.105. The molecule has 204 valence electrons. The number of fused-ring (bicyclic) bond motifs is 1. The van der Waals surface area contributed by atoms with E-state index in [4.69, 9.17) is 24.0 Å². The number of hydrogen-bond acceptors (Lipinski definition) is 11. The number of phosphoric acid groups is 1. The summed E-state index contributed by atoms with van der Waals surface area (Å²) in [5.41, 5.74) is 5.12. The molecule has 4 heterocycles. The van der Waals surface area contributed by atoms with Crippen molar-refractivity contribution < 1.29 is 33.1 Å². The number of hydrogen-bond donors (Lipinski definition) is 3. The Morgan fingerprint density at radius 2 is 1.95 bits per heavy atom. The van der Waals surface area contributed by atoms with Gasteiger partial charge in [-0.1, -0.05) is 49.6 Å². The summed E-state index contributed by atoms with van der Waals surface area (Å²) in [6.45, 7) is 1.11. The van der Waals surface area contributed by atoms with Crippen LogP contribution in [0.3, 0.4) is 0 Å². The van der Waals surface area contributed by atoms with Crippen LogP contribution in [0.1, 0.15) is 63.3 Å². The molecule has 0 bridgehead atoms. The first-order valence-electron chi connectivity index (χ1n) is 12.9. The molecule has 2 aromatic heterocycles. The van der Waals surface area contributed by atoms with E-state index in [9.17, 15) is 14.8 Å². The van der Waals surface area contributed by atoms with Gasteiger partial charge in [0.15, 0.2) is 17.7 Å². The van der Waals surface area contributed by atoms with Gasteiger partial charge in [-0.05, 0) is 25.3 Å². The van der Waals surface area contributed by atoms with Crippen LogP contribution in [-0.2, 0) is 22.9 Å². The van der Waals surface area contributed by atoms with Crippen LogP contribution in [0.15, 0.2) is 43.0 Å². The molecule has 12 nitrogen and oxygen atoms in total. The first-order chi connectivity index (χ1) is 18.2. The molecule has 13 heteroatoms. The number of anilines is 1. The van der Waals surface area contributed by atoms with Crippen molar-refractivity contribution in [2.24, 2.45) is 0 Å². The van der Waals surface area contributed by atoms with Crippen molar-refractivity contribution in [2.75, 3.05) is 12.3 Å². The van der Waals surface area contributed by atoms with Gasteiger partial charge in [0, 0.05) is 6.42 Å². The Kier molecular flexibility index (Phi) is 6.55. The molecular formula is C25H32N5O7P. The second-order valence-electron chi connectivity index (χ2n) is 10.6. The van der Waals surface area contributed by atoms with Crippen molar-refractivity contribution in [1.29, 1.82) is 0 Å². The summed E-state index contributed by atoms with van der Waals surface area (Å²) >= 11 is 0. The molecule has 0 amide bonds. The minimum Gasteiger partial charge on any atom is -0.387 e. The van der Waals surface area contributed by atoms with Gasteiger partial charge in [0.2, 0.25) is 0 Å². The number of imidazole rings is 1. The average Bonchev–Trinajstić information content (AvgIpc) is 3.42.